The van der Waals surface area contributed by atoms with E-state index in [2.05, 4.69) is 16.0 Å². The molecule has 29 heteroatoms. The van der Waals surface area contributed by atoms with Gasteiger partial charge in [0.2, 0.25) is 17.7 Å². The topological polar surface area (TPSA) is 338 Å². The summed E-state index contributed by atoms with van der Waals surface area (Å²) in [5.41, 5.74) is -1.83. The van der Waals surface area contributed by atoms with E-state index in [0.29, 0.717) is 193 Å². The number of hydrogen-bond acceptors (Lipinski definition) is 24. The first-order chi connectivity index (χ1) is 48.4. The molecular formula is C71H104FN3O24S. The Morgan fingerprint density at radius 2 is 1.11 bits per heavy atom. The number of fused-ring (bicyclic) bond motifs is 7. The Bertz CT molecular complexity index is 2880. The average molecular weight is 1430 g/mol. The number of carbonyl (C=O) groups excluding carboxylic acids is 5. The molecule has 2 aromatic rings. The Morgan fingerprint density at radius 3 is 1.59 bits per heavy atom. The zero-order valence-corrected chi connectivity index (χ0v) is 58.9. The van der Waals surface area contributed by atoms with Crippen LogP contribution >= 0.6 is 11.8 Å². The lowest BCUT2D eigenvalue weighted by Crippen LogP contribution is -2.64. The van der Waals surface area contributed by atoms with Crippen molar-refractivity contribution in [2.24, 2.45) is 28.6 Å². The number of thioether (sulfide) groups is 1. The number of alkyl halides is 1. The molecule has 3 unspecified atom stereocenters. The number of hydrogen-bond donors (Lipinski definition) is 6. The molecule has 5 aliphatic rings. The van der Waals surface area contributed by atoms with Gasteiger partial charge in [-0.25, -0.2) is 4.39 Å². The van der Waals surface area contributed by atoms with Gasteiger partial charge in [0, 0.05) is 47.5 Å². The Balaban J connectivity index is 0.582. The quantitative estimate of drug-likeness (QED) is 0.0466. The van der Waals surface area contributed by atoms with E-state index in [9.17, 15) is 39.0 Å². The lowest BCUT2D eigenvalue weighted by molar-refractivity contribution is -0.203. The first kappa shape index (κ1) is 81.9. The molecule has 0 aromatic heterocycles. The number of amides is 3. The standard InChI is InChI=1S/C71H104FN3O24S/c1-49(2)100-60(46-65(82)83)67(84)74-17-14-63(80)73-18-20-86-22-24-88-26-28-90-30-32-92-34-36-94-38-40-96-42-41-95-39-37-93-35-33-91-31-29-89-27-25-87-23-21-85-19-15-64(81)75-51-7-11-54(12-8-51)97-53-9-5-50(6-10-53)68-98-62-45-56-55-44-58(72)57-43-52(77)13-16-69(57,3)66(55)59(78)47-70(56,4)71(62,99-68)61(79)48-76/h5-13,16,43,49,55-56,58-60,62,66,68,76,78H,14-15,17-42,44-48H2,1-4H3,(H,73,80)(H,74,84)(H,75,81)(H,82,83)/t55-,56?,58-,59-,60?,62+,66?,68+,69-,70-,71+/m0/s1. The van der Waals surface area contributed by atoms with E-state index >= 15 is 4.39 Å². The second kappa shape index (κ2) is 43.6. The number of Topliss-reactive ketones (excluding diaryl/α,β-unsaturated/α-hetero) is 1. The van der Waals surface area contributed by atoms with Crippen molar-refractivity contribution < 1.29 is 120 Å². The second-order valence-electron chi connectivity index (χ2n) is 25.4. The molecule has 4 fully saturated rings. The number of aliphatic hydroxyl groups excluding tert-OH is 2. The fraction of sp³-hybridized carbons (Fsp3) is 0.690. The van der Waals surface area contributed by atoms with Gasteiger partial charge < -0.3 is 102 Å². The number of anilines is 1. The first-order valence-electron chi connectivity index (χ1n) is 34.7. The molecule has 7 rings (SSSR count). The molecule has 1 aliphatic heterocycles. The summed E-state index contributed by atoms with van der Waals surface area (Å²) in [4.78, 5) is 74.2. The molecule has 100 heavy (non-hydrogen) atoms. The van der Waals surface area contributed by atoms with Crippen LogP contribution in [0.1, 0.15) is 78.1 Å². The van der Waals surface area contributed by atoms with Crippen LogP contribution < -0.4 is 20.7 Å². The maximum atomic E-state index is 16.0. The van der Waals surface area contributed by atoms with Crippen LogP contribution in [0.5, 0.6) is 11.5 Å². The van der Waals surface area contributed by atoms with Gasteiger partial charge in [-0.05, 0) is 90.5 Å². The van der Waals surface area contributed by atoms with Crippen molar-refractivity contribution in [1.29, 1.82) is 0 Å². The number of carboxylic acid groups (broad SMARTS) is 1. The third-order valence-electron chi connectivity index (χ3n) is 18.2. The van der Waals surface area contributed by atoms with Gasteiger partial charge in [0.05, 0.1) is 189 Å². The summed E-state index contributed by atoms with van der Waals surface area (Å²) in [6.07, 6.45) is 1.11. The minimum absolute atomic E-state index is 0.0777. The number of benzene rings is 2. The summed E-state index contributed by atoms with van der Waals surface area (Å²) in [5.74, 6) is -2.64. The number of nitrogens with one attached hydrogen (secondary N) is 3. The van der Waals surface area contributed by atoms with Crippen molar-refractivity contribution in [1.82, 2.24) is 10.6 Å². The summed E-state index contributed by atoms with van der Waals surface area (Å²) in [6, 6.07) is 14.0. The Labute approximate surface area is 589 Å². The molecule has 4 aliphatic carbocycles. The summed E-state index contributed by atoms with van der Waals surface area (Å²) in [7, 11) is 0. The Kier molecular flexibility index (Phi) is 35.7. The van der Waals surface area contributed by atoms with Crippen molar-refractivity contribution in [3.05, 3.63) is 77.9 Å². The van der Waals surface area contributed by atoms with Crippen LogP contribution in [0.4, 0.5) is 10.1 Å². The third kappa shape index (κ3) is 25.2. The van der Waals surface area contributed by atoms with Crippen LogP contribution in [0.25, 0.3) is 0 Å². The molecule has 6 N–H and O–H groups in total. The van der Waals surface area contributed by atoms with Crippen LogP contribution in [0.15, 0.2) is 72.3 Å². The Morgan fingerprint density at radius 1 is 0.630 bits per heavy atom. The summed E-state index contributed by atoms with van der Waals surface area (Å²) >= 11 is 1.28. The van der Waals surface area contributed by atoms with E-state index in [4.69, 9.17) is 76.2 Å². The maximum absolute atomic E-state index is 16.0. The molecule has 0 spiro atoms. The van der Waals surface area contributed by atoms with Crippen LogP contribution in [0, 0.1) is 28.6 Å². The highest BCUT2D eigenvalue weighted by molar-refractivity contribution is 8.01. The number of halogens is 1. The molecule has 2 aromatic carbocycles. The van der Waals surface area contributed by atoms with Crippen molar-refractivity contribution >= 4 is 52.7 Å². The maximum Gasteiger partial charge on any atom is 0.305 e. The molecular weight excluding hydrogens is 1330 g/mol. The van der Waals surface area contributed by atoms with Gasteiger partial charge >= 0.3 is 5.97 Å². The van der Waals surface area contributed by atoms with E-state index in [1.54, 1.807) is 54.6 Å². The number of ketones is 2. The van der Waals surface area contributed by atoms with Crippen LogP contribution in [-0.4, -0.2) is 263 Å². The second-order valence-corrected chi connectivity index (χ2v) is 27.2. The predicted octanol–water partition coefficient (Wildman–Crippen LogP) is 5.16. The largest absolute Gasteiger partial charge is 0.481 e. The minimum atomic E-state index is -1.58. The third-order valence-corrected chi connectivity index (χ3v) is 19.4. The lowest BCUT2D eigenvalue weighted by Gasteiger charge is -2.60. The van der Waals surface area contributed by atoms with Gasteiger partial charge in [-0.2, -0.15) is 0 Å². The van der Waals surface area contributed by atoms with Gasteiger partial charge in [-0.15, -0.1) is 11.8 Å². The molecule has 3 saturated carbocycles. The normalized spacial score (nSPS) is 24.6. The van der Waals surface area contributed by atoms with Crippen molar-refractivity contribution in [3.63, 3.8) is 0 Å². The minimum Gasteiger partial charge on any atom is -0.481 e. The van der Waals surface area contributed by atoms with Crippen LogP contribution in [-0.2, 0) is 95.1 Å². The number of ether oxygens (including phenoxy) is 15. The molecule has 560 valence electrons. The van der Waals surface area contributed by atoms with Crippen LogP contribution in [0.3, 0.4) is 0 Å². The number of carbonyl (C=O) groups is 6. The SMILES string of the molecule is CC(C)SC(CC(=O)O)C(=O)NCCC(=O)NCCOCCOCCOCCOCCOCCOCCOCCOCCOCCOCCOCCOCCC(=O)Nc1ccc(Oc2ccc([C@@H]3O[C@@H]4CC5[C@@H]6C[C@H](F)C7=CC(=O)C=C[C@]7(C)C6[C@@H](O)C[C@]5(C)[C@]4(C(=O)CO)O3)cc2)cc1. The van der Waals surface area contributed by atoms with E-state index in [0.717, 1.165) is 0 Å². The number of rotatable bonds is 53. The number of allylic oxidation sites excluding steroid dienone is 4. The fourth-order valence-corrected chi connectivity index (χ4v) is 14.7. The smallest absolute Gasteiger partial charge is 0.305 e. The van der Waals surface area contributed by atoms with E-state index in [1.807, 2.05) is 27.7 Å². The lowest BCUT2D eigenvalue weighted by atomic mass is 9.46. The molecule has 0 radical (unpaired) electrons. The van der Waals surface area contributed by atoms with Crippen molar-refractivity contribution in [3.8, 4) is 11.5 Å². The van der Waals surface area contributed by atoms with Gasteiger partial charge in [-0.1, -0.05) is 45.9 Å². The predicted molar refractivity (Wildman–Crippen MR) is 363 cm³/mol. The molecule has 0 bridgehead atoms. The highest BCUT2D eigenvalue weighted by atomic mass is 32.2. The van der Waals surface area contributed by atoms with Gasteiger partial charge in [0.15, 0.2) is 23.5 Å². The number of aliphatic carboxylic acids is 1. The molecule has 27 nitrogen and oxygen atoms in total. The summed E-state index contributed by atoms with van der Waals surface area (Å²) in [6.45, 7) is 16.8. The molecule has 11 atom stereocenters. The van der Waals surface area contributed by atoms with Crippen LogP contribution in [0.2, 0.25) is 0 Å². The highest BCUT2D eigenvalue weighted by Gasteiger charge is 2.76. The number of aliphatic hydroxyl groups is 2. The summed E-state index contributed by atoms with van der Waals surface area (Å²) < 4.78 is 102. The molecule has 1 saturated heterocycles. The molecule has 3 amide bonds. The average Bonchev–Trinajstić information content (AvgIpc) is 1.46. The Hall–Kier alpha value is -5.42. The van der Waals surface area contributed by atoms with Crippen molar-refractivity contribution in [2.45, 2.75) is 107 Å². The van der Waals surface area contributed by atoms with E-state index in [-0.39, 0.29) is 91.8 Å². The molecule has 1 heterocycles. The zero-order valence-electron chi connectivity index (χ0n) is 58.1. The monoisotopic (exact) mass is 1430 g/mol. The first-order valence-corrected chi connectivity index (χ1v) is 35.6. The fourth-order valence-electron chi connectivity index (χ4n) is 13.6. The van der Waals surface area contributed by atoms with Gasteiger partial charge in [-0.3, -0.25) is 28.8 Å². The zero-order chi connectivity index (χ0) is 71.6. The summed E-state index contributed by atoms with van der Waals surface area (Å²) in [5, 5.41) is 38.9. The van der Waals surface area contributed by atoms with Gasteiger partial charge in [0.1, 0.15) is 24.3 Å². The van der Waals surface area contributed by atoms with Gasteiger partial charge in [0.25, 0.3) is 0 Å². The van der Waals surface area contributed by atoms with E-state index in [1.165, 1.54) is 23.9 Å². The van der Waals surface area contributed by atoms with Crippen molar-refractivity contribution in [2.75, 3.05) is 184 Å². The number of carboxylic acids is 1. The highest BCUT2D eigenvalue weighted by Crippen LogP contribution is 2.70. The van der Waals surface area contributed by atoms with E-state index < -0.39 is 64.7 Å².